The predicted molar refractivity (Wildman–Crippen MR) is 78.3 cm³/mol. The Morgan fingerprint density at radius 1 is 1.25 bits per heavy atom. The van der Waals surface area contributed by atoms with E-state index in [1.54, 1.807) is 0 Å². The molecule has 2 heterocycles. The average molecular weight is 270 g/mol. The van der Waals surface area contributed by atoms with Crippen molar-refractivity contribution in [3.63, 3.8) is 0 Å². The van der Waals surface area contributed by atoms with Crippen LogP contribution in [0.2, 0.25) is 0 Å². The lowest BCUT2D eigenvalue weighted by Crippen LogP contribution is -2.19. The summed E-state index contributed by atoms with van der Waals surface area (Å²) in [5, 5.41) is 4.44. The second-order valence-corrected chi connectivity index (χ2v) is 5.30. The quantitative estimate of drug-likeness (QED) is 0.765. The first-order chi connectivity index (χ1) is 9.74. The third-order valence-electron chi connectivity index (χ3n) is 3.14. The van der Waals surface area contributed by atoms with Gasteiger partial charge in [-0.25, -0.2) is 4.98 Å². The van der Waals surface area contributed by atoms with Gasteiger partial charge in [0.2, 0.25) is 0 Å². The molecule has 0 atom stereocenters. The molecule has 3 rings (SSSR count). The first kappa shape index (κ1) is 12.9. The van der Waals surface area contributed by atoms with Gasteiger partial charge in [0.05, 0.1) is 0 Å². The van der Waals surface area contributed by atoms with E-state index in [-0.39, 0.29) is 0 Å². The molecule has 104 valence electrons. The molecule has 0 saturated heterocycles. The van der Waals surface area contributed by atoms with Crippen LogP contribution in [0.4, 0.5) is 0 Å². The molecule has 0 unspecified atom stereocenters. The molecule has 0 amide bonds. The number of benzene rings is 1. The van der Waals surface area contributed by atoms with Crippen LogP contribution in [0.1, 0.15) is 19.5 Å². The van der Waals surface area contributed by atoms with Crippen molar-refractivity contribution in [2.75, 3.05) is 6.54 Å². The summed E-state index contributed by atoms with van der Waals surface area (Å²) < 4.78 is 11.3. The maximum absolute atomic E-state index is 5.82. The first-order valence-corrected chi connectivity index (χ1v) is 6.86. The van der Waals surface area contributed by atoms with Crippen molar-refractivity contribution in [2.45, 2.75) is 20.4 Å². The molecule has 0 bridgehead atoms. The Morgan fingerprint density at radius 2 is 2.10 bits per heavy atom. The number of fused-ring (bicyclic) bond motifs is 1. The fraction of sp³-hybridized carbons (Fsp3) is 0.312. The Bertz CT molecular complexity index is 664. The Labute approximate surface area is 117 Å². The van der Waals surface area contributed by atoms with Crippen molar-refractivity contribution < 1.29 is 8.83 Å². The van der Waals surface area contributed by atoms with E-state index >= 15 is 0 Å². The molecular weight excluding hydrogens is 252 g/mol. The Kier molecular flexibility index (Phi) is 3.56. The molecule has 0 aliphatic rings. The Balaban J connectivity index is 1.85. The number of rotatable bonds is 5. The number of oxazole rings is 1. The van der Waals surface area contributed by atoms with Gasteiger partial charge in [-0.05, 0) is 24.6 Å². The summed E-state index contributed by atoms with van der Waals surface area (Å²) in [4.78, 5) is 4.27. The minimum Gasteiger partial charge on any atom is -0.453 e. The molecule has 4 nitrogen and oxygen atoms in total. The van der Waals surface area contributed by atoms with Gasteiger partial charge in [0.15, 0.2) is 17.9 Å². The van der Waals surface area contributed by atoms with Crippen LogP contribution in [0.5, 0.6) is 0 Å². The van der Waals surface area contributed by atoms with E-state index in [2.05, 4.69) is 24.1 Å². The van der Waals surface area contributed by atoms with E-state index in [9.17, 15) is 0 Å². The molecular formula is C16H18N2O2. The summed E-state index contributed by atoms with van der Waals surface area (Å²) in [7, 11) is 0. The number of hydrogen-bond donors (Lipinski definition) is 1. The Morgan fingerprint density at radius 3 is 2.90 bits per heavy atom. The van der Waals surface area contributed by atoms with Crippen LogP contribution in [0, 0.1) is 5.92 Å². The molecule has 3 aromatic rings. The molecule has 1 N–H and O–H groups in total. The molecule has 0 radical (unpaired) electrons. The first-order valence-electron chi connectivity index (χ1n) is 6.86. The second kappa shape index (κ2) is 5.51. The second-order valence-electron chi connectivity index (χ2n) is 5.30. The van der Waals surface area contributed by atoms with Gasteiger partial charge in [-0.3, -0.25) is 0 Å². The molecule has 0 aliphatic heterocycles. The van der Waals surface area contributed by atoms with Crippen LogP contribution in [0.25, 0.3) is 22.5 Å². The Hall–Kier alpha value is -2.07. The number of para-hydroxylation sites is 1. The van der Waals surface area contributed by atoms with Crippen LogP contribution in [0.15, 0.2) is 45.6 Å². The van der Waals surface area contributed by atoms with Gasteiger partial charge >= 0.3 is 0 Å². The predicted octanol–water partition coefficient (Wildman–Crippen LogP) is 3.83. The smallest absolute Gasteiger partial charge is 0.194 e. The maximum Gasteiger partial charge on any atom is 0.194 e. The summed E-state index contributed by atoms with van der Waals surface area (Å²) in [6, 6.07) is 9.91. The largest absolute Gasteiger partial charge is 0.453 e. The number of aromatic nitrogens is 1. The number of furan rings is 1. The van der Waals surface area contributed by atoms with Gasteiger partial charge in [0.25, 0.3) is 0 Å². The lowest BCUT2D eigenvalue weighted by Gasteiger charge is -2.05. The third-order valence-corrected chi connectivity index (χ3v) is 3.14. The van der Waals surface area contributed by atoms with E-state index < -0.39 is 0 Å². The minimum absolute atomic E-state index is 0.608. The molecule has 0 aliphatic carbocycles. The van der Waals surface area contributed by atoms with E-state index in [0.717, 1.165) is 29.0 Å². The highest BCUT2D eigenvalue weighted by Crippen LogP contribution is 2.29. The van der Waals surface area contributed by atoms with Crippen molar-refractivity contribution in [1.29, 1.82) is 0 Å². The highest BCUT2D eigenvalue weighted by atomic mass is 16.4. The summed E-state index contributed by atoms with van der Waals surface area (Å²) in [6.45, 7) is 5.99. The van der Waals surface area contributed by atoms with Crippen molar-refractivity contribution in [3.05, 3.63) is 42.4 Å². The van der Waals surface area contributed by atoms with E-state index in [1.165, 1.54) is 6.39 Å². The van der Waals surface area contributed by atoms with Crippen LogP contribution in [0.3, 0.4) is 0 Å². The summed E-state index contributed by atoms with van der Waals surface area (Å²) in [5.41, 5.74) is 1.74. The van der Waals surface area contributed by atoms with Crippen molar-refractivity contribution >= 4 is 11.0 Å². The highest BCUT2D eigenvalue weighted by molar-refractivity contribution is 5.82. The van der Waals surface area contributed by atoms with Gasteiger partial charge in [0, 0.05) is 11.9 Å². The van der Waals surface area contributed by atoms with E-state index in [4.69, 9.17) is 8.83 Å². The van der Waals surface area contributed by atoms with Crippen LogP contribution in [-0.4, -0.2) is 11.5 Å². The summed E-state index contributed by atoms with van der Waals surface area (Å²) in [6.07, 6.45) is 1.47. The summed E-state index contributed by atoms with van der Waals surface area (Å²) >= 11 is 0. The third kappa shape index (κ3) is 2.60. The van der Waals surface area contributed by atoms with E-state index in [1.807, 2.05) is 30.3 Å². The SMILES string of the molecule is CC(C)CNCc1ncoc1-c1cc2ccccc2o1. The zero-order valence-corrected chi connectivity index (χ0v) is 11.7. The molecule has 0 saturated carbocycles. The monoisotopic (exact) mass is 270 g/mol. The zero-order chi connectivity index (χ0) is 13.9. The average Bonchev–Trinajstić information content (AvgIpc) is 3.03. The van der Waals surface area contributed by atoms with Gasteiger partial charge in [0.1, 0.15) is 11.3 Å². The van der Waals surface area contributed by atoms with Crippen molar-refractivity contribution in [1.82, 2.24) is 10.3 Å². The van der Waals surface area contributed by atoms with Gasteiger partial charge < -0.3 is 14.2 Å². The lowest BCUT2D eigenvalue weighted by molar-refractivity contribution is 0.527. The van der Waals surface area contributed by atoms with Crippen molar-refractivity contribution in [2.24, 2.45) is 5.92 Å². The van der Waals surface area contributed by atoms with Crippen molar-refractivity contribution in [3.8, 4) is 11.5 Å². The fourth-order valence-corrected chi connectivity index (χ4v) is 2.17. The number of nitrogens with one attached hydrogen (secondary N) is 1. The molecule has 0 fully saturated rings. The molecule has 20 heavy (non-hydrogen) atoms. The van der Waals surface area contributed by atoms with Crippen LogP contribution in [-0.2, 0) is 6.54 Å². The summed E-state index contributed by atoms with van der Waals surface area (Å²) in [5.74, 6) is 2.04. The van der Waals surface area contributed by atoms with Crippen LogP contribution >= 0.6 is 0 Å². The standard InChI is InChI=1S/C16H18N2O2/c1-11(2)8-17-9-13-16(19-10-18-13)15-7-12-5-3-4-6-14(12)20-15/h3-7,10-11,17H,8-9H2,1-2H3. The normalized spacial score (nSPS) is 11.6. The molecule has 0 spiro atoms. The molecule has 4 heteroatoms. The highest BCUT2D eigenvalue weighted by Gasteiger charge is 2.15. The zero-order valence-electron chi connectivity index (χ0n) is 11.7. The van der Waals surface area contributed by atoms with Gasteiger partial charge in [-0.2, -0.15) is 0 Å². The molecule has 2 aromatic heterocycles. The minimum atomic E-state index is 0.608. The van der Waals surface area contributed by atoms with Gasteiger partial charge in [-0.1, -0.05) is 32.0 Å². The molecule has 1 aromatic carbocycles. The maximum atomic E-state index is 5.82. The number of nitrogens with zero attached hydrogens (tertiary/aromatic N) is 1. The van der Waals surface area contributed by atoms with Crippen LogP contribution < -0.4 is 5.32 Å². The topological polar surface area (TPSA) is 51.2 Å². The van der Waals surface area contributed by atoms with Gasteiger partial charge in [-0.15, -0.1) is 0 Å². The van der Waals surface area contributed by atoms with E-state index in [0.29, 0.717) is 18.2 Å². The lowest BCUT2D eigenvalue weighted by atomic mass is 10.2. The fourth-order valence-electron chi connectivity index (χ4n) is 2.17. The number of hydrogen-bond acceptors (Lipinski definition) is 4.